The fourth-order valence-electron chi connectivity index (χ4n) is 2.38. The highest BCUT2D eigenvalue weighted by Gasteiger charge is 2.16. The topological polar surface area (TPSA) is 70.2 Å². The van der Waals surface area contributed by atoms with Crippen molar-refractivity contribution in [1.29, 1.82) is 0 Å². The Hall–Kier alpha value is -2.08. The van der Waals surface area contributed by atoms with Crippen molar-refractivity contribution in [2.24, 2.45) is 0 Å². The van der Waals surface area contributed by atoms with Crippen LogP contribution >= 0.6 is 0 Å². The van der Waals surface area contributed by atoms with Crippen LogP contribution in [-0.2, 0) is 4.84 Å². The molecule has 2 heterocycles. The average Bonchev–Trinajstić information content (AvgIpc) is 2.80. The van der Waals surface area contributed by atoms with Gasteiger partial charge in [-0.2, -0.15) is 0 Å². The van der Waals surface area contributed by atoms with E-state index in [0.29, 0.717) is 5.95 Å². The van der Waals surface area contributed by atoms with Gasteiger partial charge in [0.2, 0.25) is 5.95 Å². The van der Waals surface area contributed by atoms with Crippen LogP contribution in [0.2, 0.25) is 0 Å². The van der Waals surface area contributed by atoms with Crippen molar-refractivity contribution in [3.05, 3.63) is 23.8 Å². The van der Waals surface area contributed by atoms with E-state index in [9.17, 15) is 4.79 Å². The number of hydrogen-bond acceptors (Lipinski definition) is 4. The van der Waals surface area contributed by atoms with Crippen molar-refractivity contribution in [1.82, 2.24) is 15.0 Å². The first-order valence-electron chi connectivity index (χ1n) is 6.91. The minimum Gasteiger partial charge on any atom is -0.351 e. The van der Waals surface area contributed by atoms with Crippen LogP contribution in [0.4, 0.5) is 10.7 Å². The molecule has 0 bridgehead atoms. The Bertz CT molecular complexity index is 617. The number of hydroxylamine groups is 2. The van der Waals surface area contributed by atoms with Gasteiger partial charge in [-0.05, 0) is 37.5 Å². The molecule has 20 heavy (non-hydrogen) atoms. The molecule has 1 saturated heterocycles. The standard InChI is InChI=1S/C14H18N4O2/c1-10-5-6-11-12(9-10)16-13(15-11)17-14(19)20-18-7-3-2-4-8-18/h5-6,9H,2-4,7-8H2,1H3,(H2,15,16,17,19). The van der Waals surface area contributed by atoms with Crippen molar-refractivity contribution in [2.75, 3.05) is 18.4 Å². The van der Waals surface area contributed by atoms with Gasteiger partial charge in [-0.25, -0.2) is 9.78 Å². The molecule has 6 heteroatoms. The van der Waals surface area contributed by atoms with Crippen LogP contribution in [0.3, 0.4) is 0 Å². The van der Waals surface area contributed by atoms with Gasteiger partial charge in [0, 0.05) is 13.1 Å². The van der Waals surface area contributed by atoms with Gasteiger partial charge in [0.05, 0.1) is 11.0 Å². The number of carbonyl (C=O) groups is 1. The lowest BCUT2D eigenvalue weighted by Gasteiger charge is -2.24. The van der Waals surface area contributed by atoms with Gasteiger partial charge in [-0.15, -0.1) is 5.06 Å². The summed E-state index contributed by atoms with van der Waals surface area (Å²) in [5.74, 6) is 0.410. The zero-order valence-electron chi connectivity index (χ0n) is 11.5. The molecule has 1 amide bonds. The summed E-state index contributed by atoms with van der Waals surface area (Å²) < 4.78 is 0. The van der Waals surface area contributed by atoms with E-state index in [1.54, 1.807) is 5.06 Å². The summed E-state index contributed by atoms with van der Waals surface area (Å²) in [7, 11) is 0. The van der Waals surface area contributed by atoms with Gasteiger partial charge in [0.1, 0.15) is 0 Å². The number of amides is 1. The Morgan fingerprint density at radius 1 is 1.35 bits per heavy atom. The van der Waals surface area contributed by atoms with Gasteiger partial charge in [-0.1, -0.05) is 12.5 Å². The molecule has 1 aromatic heterocycles. The van der Waals surface area contributed by atoms with E-state index in [4.69, 9.17) is 4.84 Å². The Kier molecular flexibility index (Phi) is 3.56. The molecule has 0 radical (unpaired) electrons. The maximum atomic E-state index is 11.8. The number of H-pyrrole nitrogens is 1. The zero-order valence-corrected chi connectivity index (χ0v) is 11.5. The molecule has 3 rings (SSSR count). The maximum absolute atomic E-state index is 11.8. The molecule has 106 valence electrons. The number of anilines is 1. The van der Waals surface area contributed by atoms with E-state index in [1.165, 1.54) is 6.42 Å². The average molecular weight is 274 g/mol. The summed E-state index contributed by atoms with van der Waals surface area (Å²) in [5.41, 5.74) is 2.87. The van der Waals surface area contributed by atoms with E-state index >= 15 is 0 Å². The fraction of sp³-hybridized carbons (Fsp3) is 0.429. The minimum atomic E-state index is -0.498. The van der Waals surface area contributed by atoms with Gasteiger partial charge in [0.25, 0.3) is 0 Å². The number of hydrogen-bond donors (Lipinski definition) is 2. The molecule has 0 saturated carbocycles. The summed E-state index contributed by atoms with van der Waals surface area (Å²) >= 11 is 0. The second kappa shape index (κ2) is 5.50. The van der Waals surface area contributed by atoms with Gasteiger partial charge in [-0.3, -0.25) is 5.32 Å². The fourth-order valence-corrected chi connectivity index (χ4v) is 2.38. The number of carbonyl (C=O) groups excluding carboxylic acids is 1. The number of benzene rings is 1. The molecule has 0 spiro atoms. The summed E-state index contributed by atoms with van der Waals surface area (Å²) in [4.78, 5) is 24.4. The number of nitrogens with one attached hydrogen (secondary N) is 2. The molecular weight excluding hydrogens is 256 g/mol. The summed E-state index contributed by atoms with van der Waals surface area (Å²) in [6.45, 7) is 3.61. The third-order valence-electron chi connectivity index (χ3n) is 3.38. The first-order valence-corrected chi connectivity index (χ1v) is 6.91. The van der Waals surface area contributed by atoms with Gasteiger partial charge >= 0.3 is 6.09 Å². The molecule has 2 aromatic rings. The van der Waals surface area contributed by atoms with Gasteiger partial charge in [0.15, 0.2) is 0 Å². The largest absolute Gasteiger partial charge is 0.433 e. The predicted octanol–water partition coefficient (Wildman–Crippen LogP) is 2.82. The second-order valence-corrected chi connectivity index (χ2v) is 5.10. The highest BCUT2D eigenvalue weighted by atomic mass is 16.7. The van der Waals surface area contributed by atoms with Crippen molar-refractivity contribution in [2.45, 2.75) is 26.2 Å². The molecule has 1 aliphatic rings. The number of rotatable bonds is 2. The maximum Gasteiger partial charge on any atom is 0.433 e. The molecular formula is C14H18N4O2. The molecule has 1 aromatic carbocycles. The number of aromatic amines is 1. The third-order valence-corrected chi connectivity index (χ3v) is 3.38. The smallest absolute Gasteiger partial charge is 0.351 e. The summed E-state index contributed by atoms with van der Waals surface area (Å²) in [6, 6.07) is 5.89. The first kappa shape index (κ1) is 12.9. The molecule has 1 fully saturated rings. The zero-order chi connectivity index (χ0) is 13.9. The van der Waals surface area contributed by atoms with Crippen molar-refractivity contribution < 1.29 is 9.63 Å². The summed E-state index contributed by atoms with van der Waals surface area (Å²) in [6.07, 6.45) is 2.83. The van der Waals surface area contributed by atoms with Crippen LogP contribution in [0.1, 0.15) is 24.8 Å². The molecule has 6 nitrogen and oxygen atoms in total. The van der Waals surface area contributed by atoms with E-state index in [1.807, 2.05) is 25.1 Å². The lowest BCUT2D eigenvalue weighted by Crippen LogP contribution is -2.34. The van der Waals surface area contributed by atoms with E-state index in [2.05, 4.69) is 15.3 Å². The lowest BCUT2D eigenvalue weighted by atomic mass is 10.2. The monoisotopic (exact) mass is 274 g/mol. The number of piperidine rings is 1. The Morgan fingerprint density at radius 2 is 2.15 bits per heavy atom. The highest BCUT2D eigenvalue weighted by Crippen LogP contribution is 2.16. The highest BCUT2D eigenvalue weighted by molar-refractivity contribution is 5.86. The molecule has 0 unspecified atom stereocenters. The first-order chi connectivity index (χ1) is 9.70. The summed E-state index contributed by atoms with van der Waals surface area (Å²) in [5, 5.41) is 4.33. The van der Waals surface area contributed by atoms with Crippen LogP contribution in [0, 0.1) is 6.92 Å². The Balaban J connectivity index is 1.64. The van der Waals surface area contributed by atoms with Crippen LogP contribution < -0.4 is 5.32 Å². The van der Waals surface area contributed by atoms with E-state index < -0.39 is 6.09 Å². The van der Waals surface area contributed by atoms with E-state index in [0.717, 1.165) is 42.5 Å². The molecule has 1 aliphatic heterocycles. The Labute approximate surface area is 117 Å². The van der Waals surface area contributed by atoms with Crippen LogP contribution in [0.15, 0.2) is 18.2 Å². The third kappa shape index (κ3) is 2.91. The number of nitrogens with zero attached hydrogens (tertiary/aromatic N) is 2. The minimum absolute atomic E-state index is 0.410. The van der Waals surface area contributed by atoms with Crippen LogP contribution in [0.25, 0.3) is 11.0 Å². The van der Waals surface area contributed by atoms with Crippen LogP contribution in [-0.4, -0.2) is 34.2 Å². The number of aromatic nitrogens is 2. The van der Waals surface area contributed by atoms with E-state index in [-0.39, 0.29) is 0 Å². The van der Waals surface area contributed by atoms with Gasteiger partial charge < -0.3 is 9.82 Å². The van der Waals surface area contributed by atoms with Crippen LogP contribution in [0.5, 0.6) is 0 Å². The quantitative estimate of drug-likeness (QED) is 0.883. The van der Waals surface area contributed by atoms with Crippen molar-refractivity contribution in [3.63, 3.8) is 0 Å². The second-order valence-electron chi connectivity index (χ2n) is 5.10. The number of imidazole rings is 1. The van der Waals surface area contributed by atoms with Crippen molar-refractivity contribution >= 4 is 23.1 Å². The molecule has 0 aliphatic carbocycles. The molecule has 0 atom stereocenters. The lowest BCUT2D eigenvalue weighted by molar-refractivity contribution is -0.105. The number of fused-ring (bicyclic) bond motifs is 1. The predicted molar refractivity (Wildman–Crippen MR) is 76.4 cm³/mol. The SMILES string of the molecule is Cc1ccc2nc(NC(=O)ON3CCCCC3)[nH]c2c1. The number of aryl methyl sites for hydroxylation is 1. The normalized spacial score (nSPS) is 16.2. The Morgan fingerprint density at radius 3 is 2.95 bits per heavy atom. The van der Waals surface area contributed by atoms with Crippen molar-refractivity contribution in [3.8, 4) is 0 Å². The molecule has 2 N–H and O–H groups in total.